The van der Waals surface area contributed by atoms with Crippen LogP contribution >= 0.6 is 0 Å². The Labute approximate surface area is 127 Å². The second-order valence-electron chi connectivity index (χ2n) is 5.25. The number of hydrogen-bond donors (Lipinski definition) is 2. The van der Waals surface area contributed by atoms with Gasteiger partial charge in [0.25, 0.3) is 0 Å². The van der Waals surface area contributed by atoms with Crippen molar-refractivity contribution in [3.05, 3.63) is 24.3 Å². The van der Waals surface area contributed by atoms with E-state index in [1.807, 2.05) is 45.2 Å². The molecule has 1 rings (SSSR count). The fraction of sp³-hybridized carbons (Fsp3) is 0.625. The zero-order valence-electron chi connectivity index (χ0n) is 13.3. The molecule has 1 aromatic carbocycles. The molecule has 2 N–H and O–H groups in total. The fourth-order valence-corrected chi connectivity index (χ4v) is 1.80. The first-order chi connectivity index (χ1) is 10.1. The van der Waals surface area contributed by atoms with Crippen LogP contribution in [-0.2, 0) is 4.74 Å². The number of rotatable bonds is 11. The third-order valence-electron chi connectivity index (χ3n) is 2.91. The highest BCUT2D eigenvalue weighted by molar-refractivity contribution is 5.39. The topological polar surface area (TPSA) is 52.4 Å². The van der Waals surface area contributed by atoms with Crippen LogP contribution in [0.3, 0.4) is 0 Å². The number of aliphatic hydroxyl groups is 1. The average Bonchev–Trinajstić information content (AvgIpc) is 2.44. The highest BCUT2D eigenvalue weighted by atomic mass is 16.5. The van der Waals surface area contributed by atoms with Gasteiger partial charge in [0.15, 0.2) is 11.5 Å². The van der Waals surface area contributed by atoms with Crippen molar-refractivity contribution < 1.29 is 24.2 Å². The first-order valence-electron chi connectivity index (χ1n) is 7.52. The molecule has 0 amide bonds. The van der Waals surface area contributed by atoms with E-state index in [-0.39, 0.29) is 12.7 Å². The Hall–Kier alpha value is -1.30. The Bertz CT molecular complexity index is 384. The van der Waals surface area contributed by atoms with Crippen molar-refractivity contribution in [1.82, 2.24) is 0 Å². The zero-order valence-corrected chi connectivity index (χ0v) is 13.3. The van der Waals surface area contributed by atoms with E-state index in [9.17, 15) is 0 Å². The Morgan fingerprint density at radius 3 is 2.43 bits per heavy atom. The minimum absolute atomic E-state index is 0.121. The molecule has 0 aliphatic carbocycles. The summed E-state index contributed by atoms with van der Waals surface area (Å²) < 4.78 is 16.9. The van der Waals surface area contributed by atoms with Crippen LogP contribution in [0.1, 0.15) is 13.8 Å². The Balaban J connectivity index is 2.21. The molecule has 0 heterocycles. The lowest BCUT2D eigenvalue weighted by Crippen LogP contribution is -3.10. The van der Waals surface area contributed by atoms with Crippen LogP contribution in [0.4, 0.5) is 0 Å². The molecule has 0 spiro atoms. The summed E-state index contributed by atoms with van der Waals surface area (Å²) in [5.74, 6) is 1.51. The maximum atomic E-state index is 8.80. The number of hydrogen-bond acceptors (Lipinski definition) is 4. The van der Waals surface area contributed by atoms with Crippen LogP contribution < -0.4 is 14.4 Å². The molecule has 0 fully saturated rings. The maximum Gasteiger partial charge on any atom is 0.161 e. The van der Waals surface area contributed by atoms with Crippen molar-refractivity contribution in [2.45, 2.75) is 20.0 Å². The van der Waals surface area contributed by atoms with Gasteiger partial charge in [-0.2, -0.15) is 0 Å². The summed E-state index contributed by atoms with van der Waals surface area (Å²) >= 11 is 0. The molecule has 120 valence electrons. The number of benzene rings is 1. The highest BCUT2D eigenvalue weighted by Gasteiger charge is 2.06. The molecular weight excluding hydrogens is 270 g/mol. The average molecular weight is 298 g/mol. The van der Waals surface area contributed by atoms with Gasteiger partial charge < -0.3 is 24.2 Å². The van der Waals surface area contributed by atoms with Gasteiger partial charge in [-0.15, -0.1) is 0 Å². The van der Waals surface area contributed by atoms with Crippen LogP contribution in [0.5, 0.6) is 11.5 Å². The van der Waals surface area contributed by atoms with Gasteiger partial charge in [0.05, 0.1) is 33.0 Å². The van der Waals surface area contributed by atoms with Crippen molar-refractivity contribution in [3.63, 3.8) is 0 Å². The van der Waals surface area contributed by atoms with Crippen LogP contribution in [-0.4, -0.2) is 57.8 Å². The van der Waals surface area contributed by atoms with E-state index < -0.39 is 0 Å². The summed E-state index contributed by atoms with van der Waals surface area (Å²) in [7, 11) is 2.04. The quantitative estimate of drug-likeness (QED) is 0.580. The fourth-order valence-electron chi connectivity index (χ4n) is 1.80. The summed E-state index contributed by atoms with van der Waals surface area (Å²) in [6, 6.07) is 7.66. The number of likely N-dealkylation sites (N-methyl/N-ethyl adjacent to an activating group) is 1. The van der Waals surface area contributed by atoms with E-state index in [1.165, 1.54) is 4.90 Å². The molecule has 1 aromatic rings. The third-order valence-corrected chi connectivity index (χ3v) is 2.91. The second kappa shape index (κ2) is 10.4. The number of aliphatic hydroxyl groups excluding tert-OH is 1. The van der Waals surface area contributed by atoms with E-state index in [2.05, 4.69) is 0 Å². The molecule has 0 aromatic heterocycles. The number of ether oxygens (including phenoxy) is 3. The van der Waals surface area contributed by atoms with Crippen LogP contribution in [0.2, 0.25) is 0 Å². The lowest BCUT2D eigenvalue weighted by Gasteiger charge is -2.15. The predicted octanol–water partition coefficient (Wildman–Crippen LogP) is 0.376. The first-order valence-corrected chi connectivity index (χ1v) is 7.52. The van der Waals surface area contributed by atoms with Crippen molar-refractivity contribution in [2.75, 3.05) is 46.6 Å². The van der Waals surface area contributed by atoms with Crippen molar-refractivity contribution in [2.24, 2.45) is 0 Å². The molecule has 0 aliphatic rings. The van der Waals surface area contributed by atoms with E-state index in [0.717, 1.165) is 24.6 Å². The maximum absolute atomic E-state index is 8.80. The third kappa shape index (κ3) is 7.90. The summed E-state index contributed by atoms with van der Waals surface area (Å²) in [5.41, 5.74) is 0. The zero-order chi connectivity index (χ0) is 15.5. The lowest BCUT2D eigenvalue weighted by molar-refractivity contribution is -0.880. The van der Waals surface area contributed by atoms with E-state index in [4.69, 9.17) is 19.3 Å². The summed E-state index contributed by atoms with van der Waals surface area (Å²) in [4.78, 5) is 1.26. The molecular formula is C16H28NO4+. The first kappa shape index (κ1) is 17.8. The molecule has 5 nitrogen and oxygen atoms in total. The minimum Gasteiger partial charge on any atom is -0.487 e. The summed E-state index contributed by atoms with van der Waals surface area (Å²) in [6.07, 6.45) is 0.121. The molecule has 21 heavy (non-hydrogen) atoms. The number of nitrogens with one attached hydrogen (secondary N) is 1. The standard InChI is InChI=1S/C16H27NO4/c1-14(2)21-16-7-5-4-6-15(16)20-13-12-19-11-9-17(3)8-10-18/h4-7,14,18H,8-13H2,1-3H3/p+1. The normalized spacial score (nSPS) is 12.4. The van der Waals surface area contributed by atoms with E-state index in [1.54, 1.807) is 0 Å². The van der Waals surface area contributed by atoms with Gasteiger partial charge in [0, 0.05) is 0 Å². The van der Waals surface area contributed by atoms with E-state index >= 15 is 0 Å². The van der Waals surface area contributed by atoms with Gasteiger partial charge in [-0.3, -0.25) is 0 Å². The Morgan fingerprint density at radius 2 is 1.76 bits per heavy atom. The van der Waals surface area contributed by atoms with Crippen molar-refractivity contribution in [1.29, 1.82) is 0 Å². The lowest BCUT2D eigenvalue weighted by atomic mass is 10.3. The summed E-state index contributed by atoms with van der Waals surface area (Å²) in [6.45, 7) is 7.53. The van der Waals surface area contributed by atoms with Gasteiger partial charge in [-0.25, -0.2) is 0 Å². The molecule has 0 saturated carbocycles. The van der Waals surface area contributed by atoms with Gasteiger partial charge in [0.2, 0.25) is 0 Å². The molecule has 0 radical (unpaired) electrons. The summed E-state index contributed by atoms with van der Waals surface area (Å²) in [5, 5.41) is 8.80. The van der Waals surface area contributed by atoms with Crippen LogP contribution in [0.25, 0.3) is 0 Å². The second-order valence-corrected chi connectivity index (χ2v) is 5.25. The van der Waals surface area contributed by atoms with Gasteiger partial charge in [0.1, 0.15) is 19.7 Å². The van der Waals surface area contributed by atoms with E-state index in [0.29, 0.717) is 19.8 Å². The SMILES string of the molecule is CC(C)Oc1ccccc1OCCOCC[NH+](C)CCO. The van der Waals surface area contributed by atoms with Crippen molar-refractivity contribution >= 4 is 0 Å². The highest BCUT2D eigenvalue weighted by Crippen LogP contribution is 2.27. The van der Waals surface area contributed by atoms with Crippen LogP contribution in [0, 0.1) is 0 Å². The van der Waals surface area contributed by atoms with Gasteiger partial charge in [-0.05, 0) is 26.0 Å². The van der Waals surface area contributed by atoms with Crippen molar-refractivity contribution in [3.8, 4) is 11.5 Å². The van der Waals surface area contributed by atoms with Crippen LogP contribution in [0.15, 0.2) is 24.3 Å². The monoisotopic (exact) mass is 298 g/mol. The molecule has 5 heteroatoms. The number of quaternary nitrogens is 1. The molecule has 0 aliphatic heterocycles. The van der Waals surface area contributed by atoms with Gasteiger partial charge >= 0.3 is 0 Å². The Morgan fingerprint density at radius 1 is 1.05 bits per heavy atom. The molecule has 1 atom stereocenters. The Kier molecular flexibility index (Phi) is 8.82. The molecule has 0 bridgehead atoms. The largest absolute Gasteiger partial charge is 0.487 e. The predicted molar refractivity (Wildman–Crippen MR) is 82.2 cm³/mol. The molecule has 1 unspecified atom stereocenters. The van der Waals surface area contributed by atoms with Gasteiger partial charge in [-0.1, -0.05) is 12.1 Å². The smallest absolute Gasteiger partial charge is 0.161 e. The number of para-hydroxylation sites is 2. The molecule has 0 saturated heterocycles. The minimum atomic E-state index is 0.121.